The van der Waals surface area contributed by atoms with Crippen molar-refractivity contribution in [2.24, 2.45) is 11.8 Å². The zero-order chi connectivity index (χ0) is 18.8. The number of ether oxygens (including phenoxy) is 1. The van der Waals surface area contributed by atoms with E-state index in [-0.39, 0.29) is 0 Å². The highest BCUT2D eigenvalue weighted by Gasteiger charge is 2.38. The summed E-state index contributed by atoms with van der Waals surface area (Å²) in [6, 6.07) is 10.1. The Hall–Kier alpha value is -1.65. The number of aryl methyl sites for hydroxylation is 1. The molecule has 2 aliphatic rings. The van der Waals surface area contributed by atoms with Crippen LogP contribution in [0.5, 0.6) is 5.75 Å². The van der Waals surface area contributed by atoms with Gasteiger partial charge in [-0.25, -0.2) is 0 Å². The molecular weight excluding hydrogens is 352 g/mol. The standard InChI is InChI=1S/C23H30N2OS/c1-3-19-16(2)24-21-14-17-10-12-25(15-20(17)23(27)22(19)21)11-7-13-26-18-8-5-4-6-9-18/h4-6,8-9,17,20,24H,3,7,10-15H2,1-2H3/t17-,20+/m0/s1. The van der Waals surface area contributed by atoms with Crippen LogP contribution in [0, 0.1) is 18.8 Å². The average Bonchev–Trinajstić information content (AvgIpc) is 3.01. The Morgan fingerprint density at radius 1 is 1.26 bits per heavy atom. The molecule has 1 aromatic carbocycles. The summed E-state index contributed by atoms with van der Waals surface area (Å²) in [6.07, 6.45) is 4.55. The minimum atomic E-state index is 0.539. The lowest BCUT2D eigenvalue weighted by atomic mass is 9.73. The second kappa shape index (κ2) is 8.15. The quantitative estimate of drug-likeness (QED) is 0.586. The van der Waals surface area contributed by atoms with Crippen LogP contribution in [0.2, 0.25) is 0 Å². The predicted molar refractivity (Wildman–Crippen MR) is 115 cm³/mol. The van der Waals surface area contributed by atoms with Gasteiger partial charge in [0.15, 0.2) is 0 Å². The van der Waals surface area contributed by atoms with Crippen molar-refractivity contribution in [1.82, 2.24) is 9.88 Å². The first-order valence-corrected chi connectivity index (χ1v) is 10.7. The number of aromatic amines is 1. The summed E-state index contributed by atoms with van der Waals surface area (Å²) in [5, 5.41) is 0. The number of aromatic nitrogens is 1. The molecule has 27 heavy (non-hydrogen) atoms. The summed E-state index contributed by atoms with van der Waals surface area (Å²) in [6.45, 7) is 8.61. The molecule has 1 saturated heterocycles. The predicted octanol–water partition coefficient (Wildman–Crippen LogP) is 4.57. The first-order chi connectivity index (χ1) is 13.2. The van der Waals surface area contributed by atoms with Crippen molar-refractivity contribution in [1.29, 1.82) is 0 Å². The van der Waals surface area contributed by atoms with Gasteiger partial charge in [0.05, 0.1) is 6.61 Å². The molecule has 144 valence electrons. The molecule has 0 saturated carbocycles. The Morgan fingerprint density at radius 2 is 2.07 bits per heavy atom. The lowest BCUT2D eigenvalue weighted by molar-refractivity contribution is 0.142. The van der Waals surface area contributed by atoms with Crippen molar-refractivity contribution in [2.75, 3.05) is 26.2 Å². The first-order valence-electron chi connectivity index (χ1n) is 10.3. The molecule has 1 fully saturated rings. The summed E-state index contributed by atoms with van der Waals surface area (Å²) >= 11 is 6.01. The first kappa shape index (κ1) is 18.7. The summed E-state index contributed by atoms with van der Waals surface area (Å²) in [7, 11) is 0. The van der Waals surface area contributed by atoms with E-state index in [1.165, 1.54) is 46.8 Å². The molecule has 2 atom stereocenters. The van der Waals surface area contributed by atoms with E-state index in [0.29, 0.717) is 11.8 Å². The van der Waals surface area contributed by atoms with Crippen LogP contribution in [0.3, 0.4) is 0 Å². The van der Waals surface area contributed by atoms with Crippen molar-refractivity contribution in [3.8, 4) is 5.75 Å². The highest BCUT2D eigenvalue weighted by Crippen LogP contribution is 2.38. The number of nitrogens with zero attached hydrogens (tertiary/aromatic N) is 1. The fourth-order valence-corrected chi connectivity index (χ4v) is 5.39. The number of benzene rings is 1. The summed E-state index contributed by atoms with van der Waals surface area (Å²) < 4.78 is 5.85. The molecule has 0 spiro atoms. The molecule has 2 heterocycles. The molecule has 0 amide bonds. The summed E-state index contributed by atoms with van der Waals surface area (Å²) in [4.78, 5) is 7.44. The second-order valence-electron chi connectivity index (χ2n) is 7.97. The number of nitrogens with one attached hydrogen (secondary N) is 1. The van der Waals surface area contributed by atoms with Crippen LogP contribution in [0.15, 0.2) is 30.3 Å². The highest BCUT2D eigenvalue weighted by molar-refractivity contribution is 7.80. The Morgan fingerprint density at radius 3 is 2.85 bits per heavy atom. The monoisotopic (exact) mass is 382 g/mol. The zero-order valence-corrected chi connectivity index (χ0v) is 17.3. The maximum Gasteiger partial charge on any atom is 0.119 e. The highest BCUT2D eigenvalue weighted by atomic mass is 32.1. The van der Waals surface area contributed by atoms with E-state index in [0.717, 1.165) is 38.3 Å². The number of para-hydroxylation sites is 1. The van der Waals surface area contributed by atoms with E-state index in [9.17, 15) is 0 Å². The van der Waals surface area contributed by atoms with Gasteiger partial charge < -0.3 is 14.6 Å². The topological polar surface area (TPSA) is 28.3 Å². The van der Waals surface area contributed by atoms with E-state index >= 15 is 0 Å². The van der Waals surface area contributed by atoms with Gasteiger partial charge in [0.25, 0.3) is 0 Å². The van der Waals surface area contributed by atoms with Gasteiger partial charge in [-0.05, 0) is 62.8 Å². The van der Waals surface area contributed by atoms with Gasteiger partial charge in [-0.3, -0.25) is 0 Å². The van der Waals surface area contributed by atoms with E-state index in [1.807, 2.05) is 30.3 Å². The van der Waals surface area contributed by atoms with Gasteiger partial charge in [-0.15, -0.1) is 0 Å². The SMILES string of the molecule is CCc1c(C)[nH]c2c1C(=S)[C@@H]1CN(CCCOc3ccccc3)CC[C@H]1C2. The van der Waals surface area contributed by atoms with Crippen molar-refractivity contribution >= 4 is 17.1 Å². The molecule has 1 N–H and O–H groups in total. The molecule has 0 bridgehead atoms. The maximum absolute atomic E-state index is 6.01. The van der Waals surface area contributed by atoms with Crippen molar-refractivity contribution in [3.05, 3.63) is 52.8 Å². The van der Waals surface area contributed by atoms with E-state index < -0.39 is 0 Å². The molecule has 3 nitrogen and oxygen atoms in total. The summed E-state index contributed by atoms with van der Waals surface area (Å²) in [5.74, 6) is 2.22. The Kier molecular flexibility index (Phi) is 5.65. The number of hydrogen-bond donors (Lipinski definition) is 1. The van der Waals surface area contributed by atoms with Crippen LogP contribution >= 0.6 is 12.2 Å². The minimum Gasteiger partial charge on any atom is -0.494 e. The van der Waals surface area contributed by atoms with Crippen molar-refractivity contribution in [3.63, 3.8) is 0 Å². The third kappa shape index (κ3) is 3.83. The minimum absolute atomic E-state index is 0.539. The zero-order valence-electron chi connectivity index (χ0n) is 16.5. The van der Waals surface area contributed by atoms with Crippen LogP contribution in [0.25, 0.3) is 0 Å². The number of thiocarbonyl (C=S) groups is 1. The van der Waals surface area contributed by atoms with Gasteiger partial charge in [0.1, 0.15) is 5.75 Å². The number of hydrogen-bond acceptors (Lipinski definition) is 3. The Bertz CT molecular complexity index is 798. The van der Waals surface area contributed by atoms with Crippen LogP contribution in [0.1, 0.15) is 42.3 Å². The number of piperidine rings is 1. The molecular formula is C23H30N2OS. The van der Waals surface area contributed by atoms with E-state index in [1.54, 1.807) is 0 Å². The number of likely N-dealkylation sites (tertiary alicyclic amines) is 1. The van der Waals surface area contributed by atoms with Gasteiger partial charge in [0.2, 0.25) is 0 Å². The average molecular weight is 383 g/mol. The molecule has 1 aliphatic heterocycles. The van der Waals surface area contributed by atoms with E-state index in [4.69, 9.17) is 17.0 Å². The smallest absolute Gasteiger partial charge is 0.119 e. The van der Waals surface area contributed by atoms with Crippen molar-refractivity contribution in [2.45, 2.75) is 39.5 Å². The van der Waals surface area contributed by atoms with Crippen LogP contribution < -0.4 is 4.74 Å². The van der Waals surface area contributed by atoms with Crippen LogP contribution in [-0.2, 0) is 12.8 Å². The molecule has 1 aliphatic carbocycles. The van der Waals surface area contributed by atoms with E-state index in [2.05, 4.69) is 23.7 Å². The van der Waals surface area contributed by atoms with Gasteiger partial charge in [-0.2, -0.15) is 0 Å². The van der Waals surface area contributed by atoms with Gasteiger partial charge in [-0.1, -0.05) is 37.3 Å². The number of rotatable bonds is 6. The normalized spacial score (nSPS) is 22.4. The Labute approximate surface area is 168 Å². The third-order valence-electron chi connectivity index (χ3n) is 6.27. The molecule has 0 unspecified atom stereocenters. The fourth-order valence-electron chi connectivity index (χ4n) is 4.88. The molecule has 0 radical (unpaired) electrons. The molecule has 2 aromatic rings. The Balaban J connectivity index is 1.34. The molecule has 1 aromatic heterocycles. The van der Waals surface area contributed by atoms with Crippen molar-refractivity contribution < 1.29 is 4.74 Å². The lowest BCUT2D eigenvalue weighted by Crippen LogP contribution is -2.46. The van der Waals surface area contributed by atoms with Gasteiger partial charge >= 0.3 is 0 Å². The molecule has 4 rings (SSSR count). The fraction of sp³-hybridized carbons (Fsp3) is 0.522. The second-order valence-corrected chi connectivity index (χ2v) is 8.41. The lowest BCUT2D eigenvalue weighted by Gasteiger charge is -2.41. The van der Waals surface area contributed by atoms with Gasteiger partial charge in [0, 0.05) is 40.8 Å². The number of H-pyrrole nitrogens is 1. The summed E-state index contributed by atoms with van der Waals surface area (Å²) in [5.41, 5.74) is 5.56. The third-order valence-corrected chi connectivity index (χ3v) is 6.78. The largest absolute Gasteiger partial charge is 0.494 e. The van der Waals surface area contributed by atoms with Crippen LogP contribution in [0.4, 0.5) is 0 Å². The maximum atomic E-state index is 6.01. The number of fused-ring (bicyclic) bond motifs is 2. The van der Waals surface area contributed by atoms with Crippen LogP contribution in [-0.4, -0.2) is 41.0 Å². The molecule has 4 heteroatoms.